The van der Waals surface area contributed by atoms with E-state index in [9.17, 15) is 13.2 Å². The first-order chi connectivity index (χ1) is 15.9. The van der Waals surface area contributed by atoms with Gasteiger partial charge in [-0.2, -0.15) is 4.31 Å². The first kappa shape index (κ1) is 23.0. The maximum absolute atomic E-state index is 12.7. The number of rotatable bonds is 7. The van der Waals surface area contributed by atoms with Crippen LogP contribution in [0.25, 0.3) is 11.1 Å². The lowest BCUT2D eigenvalue weighted by atomic mass is 10.0. The van der Waals surface area contributed by atoms with Crippen LogP contribution in [0.15, 0.2) is 83.8 Å². The zero-order valence-corrected chi connectivity index (χ0v) is 19.1. The van der Waals surface area contributed by atoms with E-state index in [-0.39, 0.29) is 10.8 Å². The molecule has 0 aliphatic carbocycles. The Bertz CT molecular complexity index is 1190. The Morgan fingerprint density at radius 3 is 2.27 bits per heavy atom. The van der Waals surface area contributed by atoms with E-state index in [0.29, 0.717) is 37.7 Å². The Hall–Kier alpha value is -3.20. The monoisotopic (exact) mass is 466 g/mol. The fourth-order valence-electron chi connectivity index (χ4n) is 3.56. The van der Waals surface area contributed by atoms with Crippen molar-refractivity contribution in [3.05, 3.63) is 78.9 Å². The van der Waals surface area contributed by atoms with Gasteiger partial charge in [0.25, 0.3) is 5.91 Å². The number of benzene rings is 3. The molecule has 4 rings (SSSR count). The molecule has 1 N–H and O–H groups in total. The number of hydrogen-bond acceptors (Lipinski definition) is 5. The number of para-hydroxylation sites is 1. The van der Waals surface area contributed by atoms with Crippen LogP contribution < -0.4 is 10.1 Å². The topological polar surface area (TPSA) is 84.9 Å². The van der Waals surface area contributed by atoms with Gasteiger partial charge in [0.1, 0.15) is 5.75 Å². The molecule has 0 saturated carbocycles. The van der Waals surface area contributed by atoms with Crippen molar-refractivity contribution in [1.82, 2.24) is 4.31 Å². The van der Waals surface area contributed by atoms with Crippen molar-refractivity contribution in [3.8, 4) is 16.9 Å². The average molecular weight is 467 g/mol. The van der Waals surface area contributed by atoms with Crippen LogP contribution in [-0.4, -0.2) is 51.0 Å². The number of ether oxygens (including phenoxy) is 2. The molecule has 1 saturated heterocycles. The Balaban J connectivity index is 1.42. The van der Waals surface area contributed by atoms with Crippen LogP contribution >= 0.6 is 0 Å². The molecule has 172 valence electrons. The number of amides is 1. The summed E-state index contributed by atoms with van der Waals surface area (Å²) >= 11 is 0. The van der Waals surface area contributed by atoms with Gasteiger partial charge in [0.05, 0.1) is 18.1 Å². The van der Waals surface area contributed by atoms with E-state index in [0.717, 1.165) is 11.1 Å². The number of carbonyl (C=O) groups excluding carboxylic acids is 1. The lowest BCUT2D eigenvalue weighted by Crippen LogP contribution is -2.40. The Kier molecular flexibility index (Phi) is 7.08. The molecule has 0 aromatic heterocycles. The first-order valence-corrected chi connectivity index (χ1v) is 12.2. The van der Waals surface area contributed by atoms with Gasteiger partial charge in [-0.1, -0.05) is 48.5 Å². The highest BCUT2D eigenvalue weighted by Gasteiger charge is 2.26. The first-order valence-electron chi connectivity index (χ1n) is 10.7. The van der Waals surface area contributed by atoms with Crippen LogP contribution in [0.4, 0.5) is 5.69 Å². The van der Waals surface area contributed by atoms with Gasteiger partial charge in [-0.15, -0.1) is 0 Å². The number of anilines is 1. The van der Waals surface area contributed by atoms with E-state index >= 15 is 0 Å². The molecule has 1 heterocycles. The minimum atomic E-state index is -3.58. The van der Waals surface area contributed by atoms with Gasteiger partial charge >= 0.3 is 0 Å². The smallest absolute Gasteiger partial charge is 0.265 e. The van der Waals surface area contributed by atoms with E-state index < -0.39 is 16.1 Å². The molecule has 1 fully saturated rings. The summed E-state index contributed by atoms with van der Waals surface area (Å²) in [4.78, 5) is 12.9. The van der Waals surface area contributed by atoms with Crippen LogP contribution in [0.1, 0.15) is 6.92 Å². The average Bonchev–Trinajstić information content (AvgIpc) is 2.86. The number of sulfonamides is 1. The van der Waals surface area contributed by atoms with Crippen molar-refractivity contribution in [2.75, 3.05) is 31.6 Å². The second kappa shape index (κ2) is 10.2. The third kappa shape index (κ3) is 5.42. The summed E-state index contributed by atoms with van der Waals surface area (Å²) < 4.78 is 38.1. The minimum absolute atomic E-state index is 0.184. The summed E-state index contributed by atoms with van der Waals surface area (Å²) in [6.45, 7) is 3.12. The Morgan fingerprint density at radius 2 is 1.58 bits per heavy atom. The highest BCUT2D eigenvalue weighted by Crippen LogP contribution is 2.30. The van der Waals surface area contributed by atoms with Gasteiger partial charge < -0.3 is 14.8 Å². The van der Waals surface area contributed by atoms with Crippen molar-refractivity contribution in [2.45, 2.75) is 17.9 Å². The summed E-state index contributed by atoms with van der Waals surface area (Å²) in [5.41, 5.74) is 2.39. The predicted octanol–water partition coefficient (Wildman–Crippen LogP) is 3.78. The van der Waals surface area contributed by atoms with Crippen molar-refractivity contribution in [2.24, 2.45) is 0 Å². The zero-order valence-electron chi connectivity index (χ0n) is 18.3. The fourth-order valence-corrected chi connectivity index (χ4v) is 4.97. The molecule has 33 heavy (non-hydrogen) atoms. The van der Waals surface area contributed by atoms with Crippen molar-refractivity contribution < 1.29 is 22.7 Å². The van der Waals surface area contributed by atoms with Crippen LogP contribution in [0, 0.1) is 0 Å². The van der Waals surface area contributed by atoms with Crippen LogP contribution in [0.5, 0.6) is 5.75 Å². The molecule has 0 bridgehead atoms. The normalized spacial score (nSPS) is 15.5. The predicted molar refractivity (Wildman–Crippen MR) is 127 cm³/mol. The van der Waals surface area contributed by atoms with Gasteiger partial charge in [0, 0.05) is 24.3 Å². The van der Waals surface area contributed by atoms with Crippen LogP contribution in [0.3, 0.4) is 0 Å². The molecule has 3 aromatic carbocycles. The molecule has 1 atom stereocenters. The Labute approximate surface area is 194 Å². The third-order valence-corrected chi connectivity index (χ3v) is 7.29. The van der Waals surface area contributed by atoms with Crippen molar-refractivity contribution >= 4 is 21.6 Å². The van der Waals surface area contributed by atoms with Crippen LogP contribution in [0.2, 0.25) is 0 Å². The summed E-state index contributed by atoms with van der Waals surface area (Å²) in [6, 6.07) is 23.5. The molecule has 0 spiro atoms. The van der Waals surface area contributed by atoms with Gasteiger partial charge in [-0.25, -0.2) is 8.42 Å². The van der Waals surface area contributed by atoms with E-state index in [1.54, 1.807) is 19.1 Å². The molecular formula is C25H26N2O5S. The second-order valence-electron chi connectivity index (χ2n) is 7.65. The van der Waals surface area contributed by atoms with Crippen molar-refractivity contribution in [3.63, 3.8) is 0 Å². The largest absolute Gasteiger partial charge is 0.480 e. The maximum Gasteiger partial charge on any atom is 0.265 e. The van der Waals surface area contributed by atoms with Gasteiger partial charge in [-0.3, -0.25) is 4.79 Å². The van der Waals surface area contributed by atoms with E-state index in [4.69, 9.17) is 9.47 Å². The second-order valence-corrected chi connectivity index (χ2v) is 9.59. The number of hydrogen-bond donors (Lipinski definition) is 1. The molecule has 3 aromatic rings. The number of nitrogens with zero attached hydrogens (tertiary/aromatic N) is 1. The number of nitrogens with one attached hydrogen (secondary N) is 1. The molecule has 0 radical (unpaired) electrons. The number of carbonyl (C=O) groups is 1. The van der Waals surface area contributed by atoms with Gasteiger partial charge in [0.15, 0.2) is 6.10 Å². The highest BCUT2D eigenvalue weighted by atomic mass is 32.2. The maximum atomic E-state index is 12.7. The SMILES string of the molecule is CC(Oc1ccccc1-c1ccccc1)C(=O)Nc1ccc(S(=O)(=O)N2CCOCC2)cc1. The summed E-state index contributed by atoms with van der Waals surface area (Å²) in [5.74, 6) is 0.278. The quantitative estimate of drug-likeness (QED) is 0.573. The standard InChI is InChI=1S/C25H26N2O5S/c1-19(32-24-10-6-5-9-23(24)20-7-3-2-4-8-20)25(28)26-21-11-13-22(14-12-21)33(29,30)27-15-17-31-18-16-27/h2-14,19H,15-18H2,1H3,(H,26,28). The highest BCUT2D eigenvalue weighted by molar-refractivity contribution is 7.89. The summed E-state index contributed by atoms with van der Waals surface area (Å²) in [5, 5.41) is 2.79. The van der Waals surface area contributed by atoms with E-state index in [1.807, 2.05) is 54.6 Å². The van der Waals surface area contributed by atoms with Crippen molar-refractivity contribution in [1.29, 1.82) is 0 Å². The molecule has 1 aliphatic rings. The van der Waals surface area contributed by atoms with Crippen LogP contribution in [-0.2, 0) is 19.6 Å². The molecule has 1 unspecified atom stereocenters. The fraction of sp³-hybridized carbons (Fsp3) is 0.240. The lowest BCUT2D eigenvalue weighted by Gasteiger charge is -2.26. The molecule has 8 heteroatoms. The Morgan fingerprint density at radius 1 is 0.939 bits per heavy atom. The number of morpholine rings is 1. The summed E-state index contributed by atoms with van der Waals surface area (Å²) in [6.07, 6.45) is -0.758. The molecule has 7 nitrogen and oxygen atoms in total. The lowest BCUT2D eigenvalue weighted by molar-refractivity contribution is -0.122. The summed E-state index contributed by atoms with van der Waals surface area (Å²) in [7, 11) is -3.58. The molecular weight excluding hydrogens is 440 g/mol. The zero-order chi connectivity index (χ0) is 23.3. The molecule has 1 amide bonds. The molecule has 1 aliphatic heterocycles. The minimum Gasteiger partial charge on any atom is -0.480 e. The van der Waals surface area contributed by atoms with Gasteiger partial charge in [-0.05, 0) is 42.8 Å². The van der Waals surface area contributed by atoms with Gasteiger partial charge in [0.2, 0.25) is 10.0 Å². The third-order valence-electron chi connectivity index (χ3n) is 5.37. The van der Waals surface area contributed by atoms with E-state index in [1.165, 1.54) is 16.4 Å². The van der Waals surface area contributed by atoms with E-state index in [2.05, 4.69) is 5.32 Å².